The first kappa shape index (κ1) is 9.21. The Labute approximate surface area is 87.2 Å². The molecule has 0 bridgehead atoms. The predicted molar refractivity (Wildman–Crippen MR) is 58.1 cm³/mol. The lowest BCUT2D eigenvalue weighted by Gasteiger charge is -2.06. The zero-order chi connectivity index (χ0) is 9.97. The molecule has 1 heterocycles. The van der Waals surface area contributed by atoms with E-state index in [2.05, 4.69) is 18.0 Å². The Balaban J connectivity index is 2.25. The first-order valence-corrected chi connectivity index (χ1v) is 5.33. The number of rotatable bonds is 2. The second-order valence-electron chi connectivity index (χ2n) is 3.20. The summed E-state index contributed by atoms with van der Waals surface area (Å²) in [4.78, 5) is 4.07. The van der Waals surface area contributed by atoms with Crippen LogP contribution in [0, 0.1) is 13.8 Å². The Hall–Kier alpha value is -1.35. The summed E-state index contributed by atoms with van der Waals surface area (Å²) in [7, 11) is 0. The van der Waals surface area contributed by atoms with Gasteiger partial charge in [0.25, 0.3) is 0 Å². The Morgan fingerprint density at radius 3 is 2.79 bits per heavy atom. The van der Waals surface area contributed by atoms with E-state index in [-0.39, 0.29) is 0 Å². The molecule has 0 spiro atoms. The molecule has 1 aromatic heterocycles. The number of hydrogen-bond acceptors (Lipinski definition) is 3. The van der Waals surface area contributed by atoms with Crippen LogP contribution in [-0.2, 0) is 0 Å². The van der Waals surface area contributed by atoms with E-state index in [9.17, 15) is 0 Å². The van der Waals surface area contributed by atoms with Crippen LogP contribution in [0.2, 0.25) is 0 Å². The fraction of sp³-hybridized carbons (Fsp3) is 0.182. The number of ether oxygens (including phenoxy) is 1. The van der Waals surface area contributed by atoms with Crippen molar-refractivity contribution < 1.29 is 4.74 Å². The average molecular weight is 205 g/mol. The summed E-state index contributed by atoms with van der Waals surface area (Å²) in [6.45, 7) is 4.11. The van der Waals surface area contributed by atoms with Gasteiger partial charge in [-0.15, -0.1) is 11.3 Å². The average Bonchev–Trinajstić information content (AvgIpc) is 2.62. The number of thiazole rings is 1. The van der Waals surface area contributed by atoms with Crippen LogP contribution in [0.1, 0.15) is 11.1 Å². The van der Waals surface area contributed by atoms with Crippen molar-refractivity contribution in [3.05, 3.63) is 40.2 Å². The highest BCUT2D eigenvalue weighted by Gasteiger charge is 2.02. The number of aromatic nitrogens is 1. The number of benzene rings is 1. The topological polar surface area (TPSA) is 22.1 Å². The molecule has 2 rings (SSSR count). The van der Waals surface area contributed by atoms with Crippen LogP contribution in [0.25, 0.3) is 0 Å². The van der Waals surface area contributed by atoms with Crippen LogP contribution in [0.15, 0.2) is 29.1 Å². The molecule has 0 atom stereocenters. The van der Waals surface area contributed by atoms with Gasteiger partial charge in [0.2, 0.25) is 5.88 Å². The predicted octanol–water partition coefficient (Wildman–Crippen LogP) is 3.55. The molecule has 0 N–H and O–H groups in total. The maximum atomic E-state index is 5.60. The van der Waals surface area contributed by atoms with Gasteiger partial charge >= 0.3 is 0 Å². The molecular formula is C11H11NOS. The van der Waals surface area contributed by atoms with Crippen molar-refractivity contribution in [2.24, 2.45) is 0 Å². The summed E-state index contributed by atoms with van der Waals surface area (Å²) in [5, 5.41) is 1.89. The third-order valence-corrected chi connectivity index (χ3v) is 2.52. The minimum absolute atomic E-state index is 0.668. The molecule has 1 aromatic carbocycles. The van der Waals surface area contributed by atoms with E-state index in [0.29, 0.717) is 5.88 Å². The van der Waals surface area contributed by atoms with Gasteiger partial charge in [-0.25, -0.2) is 4.98 Å². The Morgan fingerprint density at radius 2 is 2.14 bits per heavy atom. The first-order chi connectivity index (χ1) is 6.75. The SMILES string of the molecule is Cc1ccc(Oc2cscn2)c(C)c1. The van der Waals surface area contributed by atoms with E-state index in [1.807, 2.05) is 24.4 Å². The van der Waals surface area contributed by atoms with Crippen molar-refractivity contribution in [2.75, 3.05) is 0 Å². The highest BCUT2D eigenvalue weighted by Crippen LogP contribution is 2.25. The van der Waals surface area contributed by atoms with Crippen LogP contribution in [0.5, 0.6) is 11.6 Å². The van der Waals surface area contributed by atoms with Gasteiger partial charge in [-0.2, -0.15) is 0 Å². The van der Waals surface area contributed by atoms with Crippen LogP contribution in [-0.4, -0.2) is 4.98 Å². The zero-order valence-electron chi connectivity index (χ0n) is 8.15. The third kappa shape index (κ3) is 1.93. The highest BCUT2D eigenvalue weighted by atomic mass is 32.1. The van der Waals surface area contributed by atoms with Crippen molar-refractivity contribution >= 4 is 11.3 Å². The van der Waals surface area contributed by atoms with Crippen molar-refractivity contribution in [3.8, 4) is 11.6 Å². The highest BCUT2D eigenvalue weighted by molar-refractivity contribution is 7.07. The zero-order valence-corrected chi connectivity index (χ0v) is 8.97. The molecule has 0 saturated carbocycles. The van der Waals surface area contributed by atoms with Crippen molar-refractivity contribution in [2.45, 2.75) is 13.8 Å². The first-order valence-electron chi connectivity index (χ1n) is 4.39. The lowest BCUT2D eigenvalue weighted by atomic mass is 10.1. The van der Waals surface area contributed by atoms with E-state index in [1.54, 1.807) is 5.51 Å². The summed E-state index contributed by atoms with van der Waals surface area (Å²) in [5.41, 5.74) is 4.14. The molecule has 0 amide bonds. The summed E-state index contributed by atoms with van der Waals surface area (Å²) >= 11 is 1.53. The largest absolute Gasteiger partial charge is 0.438 e. The van der Waals surface area contributed by atoms with Crippen molar-refractivity contribution in [3.63, 3.8) is 0 Å². The van der Waals surface area contributed by atoms with E-state index >= 15 is 0 Å². The maximum absolute atomic E-state index is 5.60. The molecule has 2 nitrogen and oxygen atoms in total. The maximum Gasteiger partial charge on any atom is 0.230 e. The molecule has 14 heavy (non-hydrogen) atoms. The van der Waals surface area contributed by atoms with Gasteiger partial charge in [-0.05, 0) is 25.5 Å². The smallest absolute Gasteiger partial charge is 0.230 e. The third-order valence-electron chi connectivity index (χ3n) is 1.95. The van der Waals surface area contributed by atoms with Gasteiger partial charge in [0.1, 0.15) is 5.75 Å². The Morgan fingerprint density at radius 1 is 1.29 bits per heavy atom. The summed E-state index contributed by atoms with van der Waals surface area (Å²) < 4.78 is 5.60. The van der Waals surface area contributed by atoms with Gasteiger partial charge in [0.05, 0.1) is 10.9 Å². The molecule has 0 saturated heterocycles. The monoisotopic (exact) mass is 205 g/mol. The number of nitrogens with zero attached hydrogens (tertiary/aromatic N) is 1. The van der Waals surface area contributed by atoms with Crippen LogP contribution < -0.4 is 4.74 Å². The van der Waals surface area contributed by atoms with Crippen LogP contribution in [0.3, 0.4) is 0 Å². The van der Waals surface area contributed by atoms with Gasteiger partial charge in [-0.3, -0.25) is 0 Å². The van der Waals surface area contributed by atoms with Crippen LogP contribution in [0.4, 0.5) is 0 Å². The van der Waals surface area contributed by atoms with Crippen molar-refractivity contribution in [1.82, 2.24) is 4.98 Å². The molecular weight excluding hydrogens is 194 g/mol. The van der Waals surface area contributed by atoms with Crippen molar-refractivity contribution in [1.29, 1.82) is 0 Å². The van der Waals surface area contributed by atoms with E-state index in [4.69, 9.17) is 4.74 Å². The normalized spacial score (nSPS) is 10.1. The molecule has 2 aromatic rings. The Kier molecular flexibility index (Phi) is 2.50. The fourth-order valence-electron chi connectivity index (χ4n) is 1.28. The molecule has 0 fully saturated rings. The second kappa shape index (κ2) is 3.80. The lowest BCUT2D eigenvalue weighted by Crippen LogP contribution is -1.87. The quantitative estimate of drug-likeness (QED) is 0.748. The molecule has 0 aliphatic heterocycles. The fourth-order valence-corrected chi connectivity index (χ4v) is 1.73. The van der Waals surface area contributed by atoms with Gasteiger partial charge in [-0.1, -0.05) is 17.7 Å². The van der Waals surface area contributed by atoms with E-state index < -0.39 is 0 Å². The van der Waals surface area contributed by atoms with E-state index in [0.717, 1.165) is 11.3 Å². The minimum Gasteiger partial charge on any atom is -0.438 e. The number of aryl methyl sites for hydroxylation is 2. The molecule has 72 valence electrons. The molecule has 0 aliphatic carbocycles. The second-order valence-corrected chi connectivity index (χ2v) is 3.92. The minimum atomic E-state index is 0.668. The van der Waals surface area contributed by atoms with Gasteiger partial charge in [0, 0.05) is 0 Å². The molecule has 3 heteroatoms. The standard InChI is InChI=1S/C11H11NOS/c1-8-3-4-10(9(2)5-8)13-11-6-14-7-12-11/h3-7H,1-2H3. The van der Waals surface area contributed by atoms with E-state index in [1.165, 1.54) is 16.9 Å². The lowest BCUT2D eigenvalue weighted by molar-refractivity contribution is 0.463. The Bertz CT molecular complexity index is 423. The molecule has 0 radical (unpaired) electrons. The summed E-state index contributed by atoms with van der Waals surface area (Å²) in [6, 6.07) is 6.11. The van der Waals surface area contributed by atoms with Crippen LogP contribution >= 0.6 is 11.3 Å². The van der Waals surface area contributed by atoms with Gasteiger partial charge in [0.15, 0.2) is 0 Å². The molecule has 0 aliphatic rings. The number of hydrogen-bond donors (Lipinski definition) is 0. The summed E-state index contributed by atoms with van der Waals surface area (Å²) in [6.07, 6.45) is 0. The summed E-state index contributed by atoms with van der Waals surface area (Å²) in [5.74, 6) is 1.54. The molecule has 0 unspecified atom stereocenters. The van der Waals surface area contributed by atoms with Gasteiger partial charge < -0.3 is 4.74 Å².